The molecule has 1 saturated carbocycles. The maximum absolute atomic E-state index is 9.09. The summed E-state index contributed by atoms with van der Waals surface area (Å²) in [6.45, 7) is 4.00. The predicted molar refractivity (Wildman–Crippen MR) is 45.1 cm³/mol. The lowest BCUT2D eigenvalue weighted by Gasteiger charge is -2.02. The van der Waals surface area contributed by atoms with Crippen LogP contribution in [0.4, 0.5) is 0 Å². The molecule has 1 rings (SSSR count). The van der Waals surface area contributed by atoms with Crippen molar-refractivity contribution in [3.63, 3.8) is 0 Å². The molecule has 0 aromatic heterocycles. The fourth-order valence-electron chi connectivity index (χ4n) is 1.26. The van der Waals surface area contributed by atoms with Gasteiger partial charge in [0.25, 0.3) is 0 Å². The third-order valence-corrected chi connectivity index (χ3v) is 1.82. The van der Waals surface area contributed by atoms with Crippen molar-refractivity contribution in [2.45, 2.75) is 58.5 Å². The summed E-state index contributed by atoms with van der Waals surface area (Å²) in [4.78, 5) is 0. The van der Waals surface area contributed by atoms with Gasteiger partial charge in [-0.1, -0.05) is 39.5 Å². The first kappa shape index (κ1) is 9.96. The van der Waals surface area contributed by atoms with Crippen LogP contribution in [0.5, 0.6) is 0 Å². The fraction of sp³-hybridized carbons (Fsp3) is 1.00. The molecule has 0 aliphatic heterocycles. The lowest BCUT2D eigenvalue weighted by atomic mass is 10.2. The van der Waals surface area contributed by atoms with E-state index in [0.29, 0.717) is 0 Å². The first-order valence-corrected chi connectivity index (χ1v) is 4.57. The van der Waals surface area contributed by atoms with Gasteiger partial charge in [0.2, 0.25) is 0 Å². The van der Waals surface area contributed by atoms with E-state index in [1.807, 2.05) is 13.8 Å². The zero-order chi connectivity index (χ0) is 7.82. The molecular formula is C9H20O. The van der Waals surface area contributed by atoms with Crippen molar-refractivity contribution >= 4 is 0 Å². The zero-order valence-electron chi connectivity index (χ0n) is 7.27. The van der Waals surface area contributed by atoms with E-state index < -0.39 is 0 Å². The molecule has 1 aliphatic carbocycles. The monoisotopic (exact) mass is 144 g/mol. The highest BCUT2D eigenvalue weighted by Gasteiger charge is 2.06. The van der Waals surface area contributed by atoms with Crippen molar-refractivity contribution in [2.24, 2.45) is 0 Å². The van der Waals surface area contributed by atoms with Crippen LogP contribution in [0.1, 0.15) is 52.4 Å². The molecule has 10 heavy (non-hydrogen) atoms. The van der Waals surface area contributed by atoms with Crippen LogP contribution in [0.25, 0.3) is 0 Å². The summed E-state index contributed by atoms with van der Waals surface area (Å²) in [5, 5.41) is 9.09. The van der Waals surface area contributed by atoms with Gasteiger partial charge in [0, 0.05) is 0 Å². The second-order valence-corrected chi connectivity index (χ2v) is 2.65. The molecule has 1 nitrogen and oxygen atoms in total. The van der Waals surface area contributed by atoms with Gasteiger partial charge < -0.3 is 5.11 Å². The minimum absolute atomic E-state index is 0.0255. The van der Waals surface area contributed by atoms with Crippen LogP contribution in [-0.2, 0) is 0 Å². The Morgan fingerprint density at radius 1 is 0.900 bits per heavy atom. The standard InChI is InChI=1S/C7H14O.C2H6/c8-7-5-3-1-2-4-6-7;1-2/h7-8H,1-6H2;1-2H3. The summed E-state index contributed by atoms with van der Waals surface area (Å²) < 4.78 is 0. The van der Waals surface area contributed by atoms with E-state index in [1.165, 1.54) is 25.7 Å². The SMILES string of the molecule is CC.OC1CCCCCC1. The van der Waals surface area contributed by atoms with Crippen molar-refractivity contribution in [3.8, 4) is 0 Å². The summed E-state index contributed by atoms with van der Waals surface area (Å²) >= 11 is 0. The average molecular weight is 144 g/mol. The first-order chi connectivity index (χ1) is 4.89. The Hall–Kier alpha value is -0.0400. The van der Waals surface area contributed by atoms with Gasteiger partial charge >= 0.3 is 0 Å². The van der Waals surface area contributed by atoms with Gasteiger partial charge in [0.1, 0.15) is 0 Å². The van der Waals surface area contributed by atoms with E-state index in [-0.39, 0.29) is 6.10 Å². The molecule has 1 N–H and O–H groups in total. The molecule has 1 heteroatoms. The van der Waals surface area contributed by atoms with Gasteiger partial charge in [-0.3, -0.25) is 0 Å². The Balaban J connectivity index is 0.000000371. The van der Waals surface area contributed by atoms with Crippen molar-refractivity contribution in [1.82, 2.24) is 0 Å². The predicted octanol–water partition coefficient (Wildman–Crippen LogP) is 2.73. The Bertz CT molecular complexity index is 53.7. The molecule has 0 saturated heterocycles. The summed E-state index contributed by atoms with van der Waals surface area (Å²) in [6.07, 6.45) is 7.24. The van der Waals surface area contributed by atoms with Gasteiger partial charge in [0.05, 0.1) is 6.10 Å². The summed E-state index contributed by atoms with van der Waals surface area (Å²) in [5.74, 6) is 0. The zero-order valence-corrected chi connectivity index (χ0v) is 7.27. The molecule has 1 aliphatic rings. The summed E-state index contributed by atoms with van der Waals surface area (Å²) in [5.41, 5.74) is 0. The largest absolute Gasteiger partial charge is 0.393 e. The third kappa shape index (κ3) is 4.80. The molecule has 0 atom stereocenters. The van der Waals surface area contributed by atoms with E-state index in [2.05, 4.69) is 0 Å². The highest BCUT2D eigenvalue weighted by Crippen LogP contribution is 2.16. The topological polar surface area (TPSA) is 20.2 Å². The highest BCUT2D eigenvalue weighted by molar-refractivity contribution is 4.60. The average Bonchev–Trinajstić information content (AvgIpc) is 2.21. The molecular weight excluding hydrogens is 124 g/mol. The van der Waals surface area contributed by atoms with E-state index >= 15 is 0 Å². The molecule has 0 spiro atoms. The lowest BCUT2D eigenvalue weighted by Crippen LogP contribution is -2.02. The maximum Gasteiger partial charge on any atom is 0.0540 e. The number of hydrogen-bond acceptors (Lipinski definition) is 1. The molecule has 0 heterocycles. The van der Waals surface area contributed by atoms with Crippen LogP contribution in [0.3, 0.4) is 0 Å². The van der Waals surface area contributed by atoms with Gasteiger partial charge in [-0.2, -0.15) is 0 Å². The molecule has 62 valence electrons. The Labute approximate surface area is 64.5 Å². The Kier molecular flexibility index (Phi) is 7.04. The van der Waals surface area contributed by atoms with Gasteiger partial charge in [-0.25, -0.2) is 0 Å². The lowest BCUT2D eigenvalue weighted by molar-refractivity contribution is 0.157. The van der Waals surface area contributed by atoms with E-state index in [1.54, 1.807) is 0 Å². The molecule has 0 aromatic rings. The molecule has 0 aromatic carbocycles. The molecule has 0 bridgehead atoms. The highest BCUT2D eigenvalue weighted by atomic mass is 16.3. The van der Waals surface area contributed by atoms with Gasteiger partial charge in [-0.15, -0.1) is 0 Å². The van der Waals surface area contributed by atoms with Crippen molar-refractivity contribution in [1.29, 1.82) is 0 Å². The number of aliphatic hydroxyl groups excluding tert-OH is 1. The molecule has 1 fully saturated rings. The maximum atomic E-state index is 9.09. The second kappa shape index (κ2) is 7.07. The smallest absolute Gasteiger partial charge is 0.0540 e. The normalized spacial score (nSPS) is 20.7. The van der Waals surface area contributed by atoms with Crippen LogP contribution in [0.15, 0.2) is 0 Å². The van der Waals surface area contributed by atoms with Crippen molar-refractivity contribution in [2.75, 3.05) is 0 Å². The van der Waals surface area contributed by atoms with E-state index in [4.69, 9.17) is 5.11 Å². The fourth-order valence-corrected chi connectivity index (χ4v) is 1.26. The molecule has 0 amide bonds. The second-order valence-electron chi connectivity index (χ2n) is 2.65. The van der Waals surface area contributed by atoms with Gasteiger partial charge in [0.15, 0.2) is 0 Å². The van der Waals surface area contributed by atoms with Crippen molar-refractivity contribution in [3.05, 3.63) is 0 Å². The van der Waals surface area contributed by atoms with Crippen LogP contribution >= 0.6 is 0 Å². The number of hydrogen-bond donors (Lipinski definition) is 1. The minimum atomic E-state index is 0.0255. The van der Waals surface area contributed by atoms with E-state index in [9.17, 15) is 0 Å². The van der Waals surface area contributed by atoms with Crippen LogP contribution in [0, 0.1) is 0 Å². The van der Waals surface area contributed by atoms with Gasteiger partial charge in [-0.05, 0) is 12.8 Å². The quantitative estimate of drug-likeness (QED) is 0.518. The summed E-state index contributed by atoms with van der Waals surface area (Å²) in [6, 6.07) is 0. The third-order valence-electron chi connectivity index (χ3n) is 1.82. The Morgan fingerprint density at radius 3 is 1.70 bits per heavy atom. The minimum Gasteiger partial charge on any atom is -0.393 e. The number of rotatable bonds is 0. The molecule has 0 unspecified atom stereocenters. The molecule has 0 radical (unpaired) electrons. The van der Waals surface area contributed by atoms with Crippen LogP contribution in [0.2, 0.25) is 0 Å². The van der Waals surface area contributed by atoms with Crippen LogP contribution in [-0.4, -0.2) is 11.2 Å². The van der Waals surface area contributed by atoms with Crippen LogP contribution < -0.4 is 0 Å². The van der Waals surface area contributed by atoms with Crippen molar-refractivity contribution < 1.29 is 5.11 Å². The number of aliphatic hydroxyl groups is 1. The summed E-state index contributed by atoms with van der Waals surface area (Å²) in [7, 11) is 0. The van der Waals surface area contributed by atoms with E-state index in [0.717, 1.165) is 12.8 Å². The Morgan fingerprint density at radius 2 is 1.30 bits per heavy atom. The first-order valence-electron chi connectivity index (χ1n) is 4.57.